The maximum absolute atomic E-state index is 15.1. The number of carbonyl (C=O) groups excluding carboxylic acids is 1. The zero-order chi connectivity index (χ0) is 28.7. The number of ether oxygens (including phenoxy) is 1. The summed E-state index contributed by atoms with van der Waals surface area (Å²) in [5.74, 6) is -1.03. The molecule has 0 saturated carbocycles. The van der Waals surface area contributed by atoms with Gasteiger partial charge in [-0.3, -0.25) is 4.79 Å². The molecule has 1 saturated heterocycles. The Labute approximate surface area is 234 Å². The molecule has 2 N–H and O–H groups in total. The second kappa shape index (κ2) is 10.5. The number of nitrogens with zero attached hydrogens (tertiary/aromatic N) is 3. The Morgan fingerprint density at radius 3 is 2.63 bits per heavy atom. The maximum atomic E-state index is 15.1. The Kier molecular flexibility index (Phi) is 6.74. The summed E-state index contributed by atoms with van der Waals surface area (Å²) in [5, 5.41) is 13.6. The molecule has 9 nitrogen and oxygen atoms in total. The number of hydrogen-bond acceptors (Lipinski definition) is 7. The van der Waals surface area contributed by atoms with Crippen LogP contribution < -0.4 is 15.0 Å². The predicted molar refractivity (Wildman–Crippen MR) is 153 cm³/mol. The van der Waals surface area contributed by atoms with Gasteiger partial charge in [0.15, 0.2) is 11.4 Å². The van der Waals surface area contributed by atoms with E-state index < -0.39 is 17.8 Å². The summed E-state index contributed by atoms with van der Waals surface area (Å²) in [7, 11) is 1.44. The number of carboxylic acids is 1. The van der Waals surface area contributed by atoms with E-state index in [2.05, 4.69) is 15.3 Å². The number of anilines is 2. The number of amides is 1. The van der Waals surface area contributed by atoms with Crippen LogP contribution in [0.4, 0.5) is 15.9 Å². The molecule has 0 spiro atoms. The van der Waals surface area contributed by atoms with E-state index in [1.807, 2.05) is 30.3 Å². The number of para-hydroxylation sites is 1. The number of hydrogen-bond donors (Lipinski definition) is 2. The van der Waals surface area contributed by atoms with Crippen molar-refractivity contribution < 1.29 is 28.2 Å². The van der Waals surface area contributed by atoms with Crippen molar-refractivity contribution in [2.75, 3.05) is 23.9 Å². The number of benzene rings is 3. The van der Waals surface area contributed by atoms with Gasteiger partial charge in [-0.05, 0) is 43.0 Å². The minimum Gasteiger partial charge on any atom is -0.496 e. The summed E-state index contributed by atoms with van der Waals surface area (Å²) in [5.41, 5.74) is 2.87. The smallest absolute Gasteiger partial charge is 0.326 e. The van der Waals surface area contributed by atoms with Crippen molar-refractivity contribution in [2.24, 2.45) is 5.92 Å². The standard InChI is InChI=1S/C31H27FN4O5/c1-17-33-28-21-10-6-7-11-24(21)41-29(28)30(34-17)36-16-18(12-23(36)31(38)39)13-26(37)35-20-14-22(32)27(25(15-20)40-2)19-8-4-3-5-9-19/h3-11,14-15,18,23H,12-13,16H2,1-2H3,(H,35,37)(H,38,39)/t18-,23+/m1/s1. The van der Waals surface area contributed by atoms with Gasteiger partial charge in [0.05, 0.1) is 12.7 Å². The Hall–Kier alpha value is -4.99. The summed E-state index contributed by atoms with van der Waals surface area (Å²) in [6.07, 6.45) is 0.274. The first-order valence-corrected chi connectivity index (χ1v) is 13.2. The first kappa shape index (κ1) is 26.2. The fourth-order valence-corrected chi connectivity index (χ4v) is 5.59. The van der Waals surface area contributed by atoms with Crippen molar-refractivity contribution >= 4 is 45.5 Å². The van der Waals surface area contributed by atoms with E-state index >= 15 is 4.39 Å². The third-order valence-electron chi connectivity index (χ3n) is 7.35. The number of methoxy groups -OCH3 is 1. The van der Waals surface area contributed by atoms with Gasteiger partial charge >= 0.3 is 5.97 Å². The summed E-state index contributed by atoms with van der Waals surface area (Å²) in [6.45, 7) is 2.02. The van der Waals surface area contributed by atoms with Crippen LogP contribution in [-0.2, 0) is 9.59 Å². The highest BCUT2D eigenvalue weighted by Gasteiger charge is 2.40. The molecule has 1 amide bonds. The second-order valence-corrected chi connectivity index (χ2v) is 10.1. The zero-order valence-electron chi connectivity index (χ0n) is 22.4. The average Bonchev–Trinajstić information content (AvgIpc) is 3.54. The van der Waals surface area contributed by atoms with E-state index in [4.69, 9.17) is 9.15 Å². The number of nitrogens with one attached hydrogen (secondary N) is 1. The number of aromatic nitrogens is 2. The number of carboxylic acid groups (broad SMARTS) is 1. The molecule has 3 aromatic carbocycles. The van der Waals surface area contributed by atoms with E-state index in [-0.39, 0.29) is 36.9 Å². The van der Waals surface area contributed by atoms with Crippen LogP contribution in [0.5, 0.6) is 5.75 Å². The van der Waals surface area contributed by atoms with E-state index in [0.29, 0.717) is 45.2 Å². The van der Waals surface area contributed by atoms with Crippen molar-refractivity contribution in [3.05, 3.63) is 78.4 Å². The minimum absolute atomic E-state index is 0.0397. The number of aryl methyl sites for hydroxylation is 1. The lowest BCUT2D eigenvalue weighted by Crippen LogP contribution is -2.36. The first-order chi connectivity index (χ1) is 19.8. The Morgan fingerprint density at radius 1 is 1.12 bits per heavy atom. The van der Waals surface area contributed by atoms with Crippen molar-refractivity contribution in [1.82, 2.24) is 9.97 Å². The van der Waals surface area contributed by atoms with Crippen LogP contribution in [0.25, 0.3) is 33.2 Å². The molecule has 3 heterocycles. The summed E-state index contributed by atoms with van der Waals surface area (Å²) in [4.78, 5) is 36.1. The summed E-state index contributed by atoms with van der Waals surface area (Å²) < 4.78 is 26.6. The Bertz CT molecular complexity index is 1790. The summed E-state index contributed by atoms with van der Waals surface area (Å²) >= 11 is 0. The zero-order valence-corrected chi connectivity index (χ0v) is 22.4. The molecule has 0 unspecified atom stereocenters. The number of furan rings is 1. The monoisotopic (exact) mass is 554 g/mol. The van der Waals surface area contributed by atoms with E-state index in [1.54, 1.807) is 42.2 Å². The largest absolute Gasteiger partial charge is 0.496 e. The van der Waals surface area contributed by atoms with E-state index in [1.165, 1.54) is 13.2 Å². The van der Waals surface area contributed by atoms with Crippen LogP contribution >= 0.6 is 0 Å². The van der Waals surface area contributed by atoms with E-state index in [9.17, 15) is 14.7 Å². The number of carbonyl (C=O) groups is 2. The quantitative estimate of drug-likeness (QED) is 0.259. The van der Waals surface area contributed by atoms with Crippen molar-refractivity contribution in [3.8, 4) is 16.9 Å². The molecule has 6 rings (SSSR count). The first-order valence-electron chi connectivity index (χ1n) is 13.2. The molecular weight excluding hydrogens is 527 g/mol. The van der Waals surface area contributed by atoms with Gasteiger partial charge < -0.3 is 24.5 Å². The minimum atomic E-state index is -1.02. The van der Waals surface area contributed by atoms with E-state index in [0.717, 1.165) is 5.39 Å². The van der Waals surface area contributed by atoms with Gasteiger partial charge in [0.25, 0.3) is 0 Å². The molecular formula is C31H27FN4O5. The van der Waals surface area contributed by atoms with Crippen LogP contribution in [0.15, 0.2) is 71.1 Å². The molecule has 1 aliphatic heterocycles. The van der Waals surface area contributed by atoms with Gasteiger partial charge in [-0.2, -0.15) is 0 Å². The average molecular weight is 555 g/mol. The predicted octanol–water partition coefficient (Wildman–Crippen LogP) is 5.81. The molecule has 1 aliphatic rings. The Balaban J connectivity index is 1.24. The van der Waals surface area contributed by atoms with Crippen LogP contribution in [0.3, 0.4) is 0 Å². The molecule has 2 atom stereocenters. The molecule has 0 radical (unpaired) electrons. The number of fused-ring (bicyclic) bond motifs is 3. The van der Waals surface area contributed by atoms with Gasteiger partial charge in [0.2, 0.25) is 5.91 Å². The number of halogens is 1. The lowest BCUT2D eigenvalue weighted by Gasteiger charge is -2.22. The molecule has 41 heavy (non-hydrogen) atoms. The molecule has 2 aromatic heterocycles. The third kappa shape index (κ3) is 4.93. The molecule has 0 aliphatic carbocycles. The lowest BCUT2D eigenvalue weighted by molar-refractivity contribution is -0.138. The van der Waals surface area contributed by atoms with Crippen LogP contribution in [0, 0.1) is 18.7 Å². The molecule has 10 heteroatoms. The van der Waals surface area contributed by atoms with Gasteiger partial charge in [-0.1, -0.05) is 42.5 Å². The van der Waals surface area contributed by atoms with Crippen molar-refractivity contribution in [2.45, 2.75) is 25.8 Å². The van der Waals surface area contributed by atoms with Gasteiger partial charge in [-0.15, -0.1) is 0 Å². The fourth-order valence-electron chi connectivity index (χ4n) is 5.59. The molecule has 1 fully saturated rings. The van der Waals surface area contributed by atoms with Gasteiger partial charge in [-0.25, -0.2) is 19.2 Å². The third-order valence-corrected chi connectivity index (χ3v) is 7.35. The lowest BCUT2D eigenvalue weighted by atomic mass is 10.0. The molecule has 208 valence electrons. The summed E-state index contributed by atoms with van der Waals surface area (Å²) in [6, 6.07) is 18.4. The van der Waals surface area contributed by atoms with Crippen molar-refractivity contribution in [1.29, 1.82) is 0 Å². The van der Waals surface area contributed by atoms with Crippen LogP contribution in [0.1, 0.15) is 18.7 Å². The maximum Gasteiger partial charge on any atom is 0.326 e. The highest BCUT2D eigenvalue weighted by molar-refractivity contribution is 6.06. The van der Waals surface area contributed by atoms with Crippen molar-refractivity contribution in [3.63, 3.8) is 0 Å². The fraction of sp³-hybridized carbons (Fsp3) is 0.226. The number of aliphatic carboxylic acids is 1. The Morgan fingerprint density at radius 2 is 1.88 bits per heavy atom. The normalized spacial score (nSPS) is 16.8. The number of rotatable bonds is 7. The van der Waals surface area contributed by atoms with Gasteiger partial charge in [0.1, 0.15) is 34.5 Å². The highest BCUT2D eigenvalue weighted by Crippen LogP contribution is 2.38. The molecule has 5 aromatic rings. The van der Waals surface area contributed by atoms with Crippen LogP contribution in [0.2, 0.25) is 0 Å². The van der Waals surface area contributed by atoms with Crippen LogP contribution in [-0.4, -0.2) is 46.6 Å². The topological polar surface area (TPSA) is 118 Å². The molecule has 0 bridgehead atoms. The second-order valence-electron chi connectivity index (χ2n) is 10.1. The highest BCUT2D eigenvalue weighted by atomic mass is 19.1. The van der Waals surface area contributed by atoms with Gasteiger partial charge in [0, 0.05) is 30.1 Å². The SMILES string of the molecule is COc1cc(NC(=O)C[C@H]2C[C@@H](C(=O)O)N(c3nc(C)nc4c3oc3ccccc34)C2)cc(F)c1-c1ccccc1.